The van der Waals surface area contributed by atoms with Crippen LogP contribution in [0.25, 0.3) is 6.08 Å². The molecule has 1 fully saturated rings. The van der Waals surface area contributed by atoms with Gasteiger partial charge in [-0.1, -0.05) is 11.2 Å². The van der Waals surface area contributed by atoms with Crippen LogP contribution in [-0.2, 0) is 24.0 Å². The molecule has 2 amide bonds. The highest BCUT2D eigenvalue weighted by Crippen LogP contribution is 2.41. The second-order valence-electron chi connectivity index (χ2n) is 7.67. The molecule has 4 rings (SSSR count). The first-order valence-electron chi connectivity index (χ1n) is 10.7. The second-order valence-corrected chi connectivity index (χ2v) is 10.6. The van der Waals surface area contributed by atoms with Crippen molar-refractivity contribution in [2.24, 2.45) is 5.16 Å². The SMILES string of the molecule is CO/N=C(/C(=O)NC1C(=O)N2C(C(=O)O)=C(/C=C/c3scnc3C)CS[C@H]12)c1csc(N)n1.O=C(O)C(F)(F)F. The number of aryl methyl sites for hydroxylation is 1. The number of nitrogens with two attached hydrogens (primary N) is 1. The van der Waals surface area contributed by atoms with Crippen LogP contribution in [0.5, 0.6) is 0 Å². The van der Waals surface area contributed by atoms with E-state index in [4.69, 9.17) is 20.5 Å². The normalized spacial score (nSPS) is 19.0. The van der Waals surface area contributed by atoms with Crippen LogP contribution < -0.4 is 11.1 Å². The number of hydrogen-bond acceptors (Lipinski definition) is 12. The van der Waals surface area contributed by atoms with Crippen molar-refractivity contribution in [3.05, 3.63) is 44.5 Å². The molecule has 1 unspecified atom stereocenters. The zero-order valence-electron chi connectivity index (χ0n) is 20.3. The number of carbonyl (C=O) groups is 4. The quantitative estimate of drug-likeness (QED) is 0.200. The summed E-state index contributed by atoms with van der Waals surface area (Å²) in [6.07, 6.45) is -1.59. The topological polar surface area (TPSA) is 197 Å². The van der Waals surface area contributed by atoms with E-state index in [0.29, 0.717) is 11.3 Å². The van der Waals surface area contributed by atoms with Gasteiger partial charge < -0.3 is 26.1 Å². The van der Waals surface area contributed by atoms with E-state index in [1.807, 2.05) is 6.92 Å². The van der Waals surface area contributed by atoms with Crippen LogP contribution in [0.2, 0.25) is 0 Å². The predicted molar refractivity (Wildman–Crippen MR) is 139 cm³/mol. The van der Waals surface area contributed by atoms with Crippen molar-refractivity contribution in [3.63, 3.8) is 0 Å². The van der Waals surface area contributed by atoms with Gasteiger partial charge in [0, 0.05) is 16.0 Å². The largest absolute Gasteiger partial charge is 0.490 e. The molecule has 13 nitrogen and oxygen atoms in total. The second kappa shape index (κ2) is 12.5. The highest BCUT2D eigenvalue weighted by atomic mass is 32.2. The summed E-state index contributed by atoms with van der Waals surface area (Å²) in [7, 11) is 1.28. The smallest absolute Gasteiger partial charge is 0.477 e. The molecule has 4 heterocycles. The minimum Gasteiger partial charge on any atom is -0.477 e. The maximum Gasteiger partial charge on any atom is 0.490 e. The Morgan fingerprint density at radius 1 is 1.27 bits per heavy atom. The van der Waals surface area contributed by atoms with E-state index >= 15 is 0 Å². The maximum atomic E-state index is 12.9. The Balaban J connectivity index is 0.000000559. The van der Waals surface area contributed by atoms with Crippen molar-refractivity contribution in [2.45, 2.75) is 24.5 Å². The van der Waals surface area contributed by atoms with E-state index in [1.54, 1.807) is 23.0 Å². The minimum absolute atomic E-state index is 0.0919. The Bertz CT molecular complexity index is 1420. The molecule has 5 N–H and O–H groups in total. The minimum atomic E-state index is -5.08. The number of halogens is 3. The Morgan fingerprint density at radius 2 is 1.95 bits per heavy atom. The molecule has 2 aromatic rings. The summed E-state index contributed by atoms with van der Waals surface area (Å²) in [6, 6.07) is -0.913. The lowest BCUT2D eigenvalue weighted by molar-refractivity contribution is -0.192. The average molecular weight is 621 g/mol. The van der Waals surface area contributed by atoms with E-state index in [2.05, 4.69) is 20.4 Å². The highest BCUT2D eigenvalue weighted by molar-refractivity contribution is 8.00. The number of nitrogens with zero attached hydrogens (tertiary/aromatic N) is 4. The summed E-state index contributed by atoms with van der Waals surface area (Å²) < 4.78 is 31.7. The average Bonchev–Trinajstić information content (AvgIpc) is 3.50. The van der Waals surface area contributed by atoms with Gasteiger partial charge in [-0.15, -0.1) is 34.4 Å². The van der Waals surface area contributed by atoms with Gasteiger partial charge in [0.25, 0.3) is 11.8 Å². The van der Waals surface area contributed by atoms with Gasteiger partial charge in [0.1, 0.15) is 29.9 Å². The number of carbonyl (C=O) groups excluding carboxylic acids is 2. The molecule has 0 radical (unpaired) electrons. The highest BCUT2D eigenvalue weighted by Gasteiger charge is 2.54. The van der Waals surface area contributed by atoms with E-state index in [0.717, 1.165) is 21.9 Å². The Hall–Kier alpha value is -3.97. The molecule has 214 valence electrons. The molecule has 2 atom stereocenters. The summed E-state index contributed by atoms with van der Waals surface area (Å²) in [5.74, 6) is -4.80. The number of anilines is 1. The number of aromatic nitrogens is 2. The molecular formula is C21H19F3N6O7S3. The Kier molecular flexibility index (Phi) is 9.53. The number of fused-ring (bicyclic) bond motifs is 1. The number of hydrogen-bond donors (Lipinski definition) is 4. The molecule has 2 aliphatic heterocycles. The summed E-state index contributed by atoms with van der Waals surface area (Å²) >= 11 is 3.94. The number of nitrogens with one attached hydrogen (secondary N) is 1. The number of aliphatic carboxylic acids is 2. The van der Waals surface area contributed by atoms with Gasteiger partial charge in [0.05, 0.1) is 11.2 Å². The van der Waals surface area contributed by atoms with Crippen LogP contribution in [0, 0.1) is 6.92 Å². The maximum absolute atomic E-state index is 12.9. The third-order valence-electron chi connectivity index (χ3n) is 5.11. The predicted octanol–water partition coefficient (Wildman–Crippen LogP) is 1.93. The Morgan fingerprint density at radius 3 is 2.45 bits per heavy atom. The molecule has 0 spiro atoms. The summed E-state index contributed by atoms with van der Waals surface area (Å²) in [5, 5.41) is 24.5. The lowest BCUT2D eigenvalue weighted by atomic mass is 10.0. The summed E-state index contributed by atoms with van der Waals surface area (Å²) in [6.45, 7) is 1.86. The fourth-order valence-electron chi connectivity index (χ4n) is 3.32. The number of alkyl halides is 3. The van der Waals surface area contributed by atoms with Gasteiger partial charge in [-0.05, 0) is 18.6 Å². The van der Waals surface area contributed by atoms with E-state index in [-0.39, 0.29) is 22.2 Å². The van der Waals surface area contributed by atoms with Gasteiger partial charge in [0.15, 0.2) is 10.8 Å². The van der Waals surface area contributed by atoms with Gasteiger partial charge in [-0.3, -0.25) is 14.5 Å². The summed E-state index contributed by atoms with van der Waals surface area (Å²) in [5.41, 5.74) is 8.68. The van der Waals surface area contributed by atoms with E-state index in [9.17, 15) is 32.7 Å². The Labute approximate surface area is 235 Å². The molecule has 40 heavy (non-hydrogen) atoms. The van der Waals surface area contributed by atoms with Crippen molar-refractivity contribution in [1.29, 1.82) is 0 Å². The zero-order chi connectivity index (χ0) is 29.8. The van der Waals surface area contributed by atoms with Crippen LogP contribution >= 0.6 is 34.4 Å². The summed E-state index contributed by atoms with van der Waals surface area (Å²) in [4.78, 5) is 61.6. The third-order valence-corrected chi connectivity index (χ3v) is 7.98. The van der Waals surface area contributed by atoms with Gasteiger partial charge in [-0.2, -0.15) is 13.2 Å². The van der Waals surface area contributed by atoms with E-state index in [1.165, 1.54) is 35.1 Å². The molecule has 0 saturated carbocycles. The van der Waals surface area contributed by atoms with Crippen LogP contribution in [0.1, 0.15) is 16.3 Å². The monoisotopic (exact) mass is 620 g/mol. The number of thiazole rings is 2. The number of thioether (sulfide) groups is 1. The molecule has 19 heteroatoms. The third kappa shape index (κ3) is 6.77. The standard InChI is InChI=1S/C19H18N6O5S3.C2HF3O2/c1-8-11(33-7-21-8)4-3-9-5-31-17-13(16(27)25(17)14(9)18(28)29)23-15(26)12(24-30-2)10-6-32-19(20)22-10;3-2(4,5)1(6)7/h3-4,6-7,13,17H,5H2,1-2H3,(H2,20,22)(H,23,26)(H,28,29);(H,6,7)/b4-3+,24-12+;/t13?,17-;/m1./s1. The number of allylic oxidation sites excluding steroid dienone is 1. The molecule has 0 bridgehead atoms. The fourth-order valence-corrected chi connectivity index (χ4v) is 5.88. The van der Waals surface area contributed by atoms with Gasteiger partial charge in [0.2, 0.25) is 0 Å². The van der Waals surface area contributed by atoms with Crippen molar-refractivity contribution in [2.75, 3.05) is 18.6 Å². The van der Waals surface area contributed by atoms with Crippen LogP contribution in [0.4, 0.5) is 18.3 Å². The van der Waals surface area contributed by atoms with Crippen molar-refractivity contribution in [3.8, 4) is 0 Å². The number of oxime groups is 1. The molecular weight excluding hydrogens is 601 g/mol. The number of amides is 2. The lowest BCUT2D eigenvalue weighted by Crippen LogP contribution is -2.71. The van der Waals surface area contributed by atoms with Gasteiger partial charge in [-0.25, -0.2) is 19.6 Å². The molecule has 0 aliphatic carbocycles. The number of rotatable bonds is 7. The molecule has 1 saturated heterocycles. The van der Waals surface area contributed by atoms with Crippen LogP contribution in [0.15, 0.2) is 33.4 Å². The zero-order valence-corrected chi connectivity index (χ0v) is 22.8. The van der Waals surface area contributed by atoms with Gasteiger partial charge >= 0.3 is 18.1 Å². The number of nitrogen functional groups attached to an aromatic ring is 1. The lowest BCUT2D eigenvalue weighted by Gasteiger charge is -2.49. The van der Waals surface area contributed by atoms with Crippen molar-refractivity contribution in [1.82, 2.24) is 20.2 Å². The number of carboxylic acid groups (broad SMARTS) is 2. The molecule has 2 aliphatic rings. The van der Waals surface area contributed by atoms with Crippen LogP contribution in [0.3, 0.4) is 0 Å². The first-order valence-corrected chi connectivity index (χ1v) is 13.5. The first-order chi connectivity index (χ1) is 18.8. The fraction of sp³-hybridized carbons (Fsp3) is 0.286. The van der Waals surface area contributed by atoms with Crippen molar-refractivity contribution < 1.29 is 47.4 Å². The molecule has 2 aromatic heterocycles. The van der Waals surface area contributed by atoms with Crippen molar-refractivity contribution >= 4 is 75.1 Å². The first kappa shape index (κ1) is 30.6. The van der Waals surface area contributed by atoms with E-state index < -0.39 is 41.3 Å². The number of β-lactam (4-membered cyclic amide) rings is 1. The number of carboxylic acids is 2. The van der Waals surface area contributed by atoms with Crippen LogP contribution in [-0.4, -0.2) is 85.0 Å². The molecule has 0 aromatic carbocycles.